The first-order valence-corrected chi connectivity index (χ1v) is 14.4. The van der Waals surface area contributed by atoms with Gasteiger partial charge in [0.05, 0.1) is 14.1 Å². The second kappa shape index (κ2) is 23.2. The van der Waals surface area contributed by atoms with Gasteiger partial charge in [-0.05, 0) is 12.8 Å². The lowest BCUT2D eigenvalue weighted by molar-refractivity contribution is -1.07. The average molecular weight is 468 g/mol. The molecule has 190 valence electrons. The third-order valence-electron chi connectivity index (χ3n) is 5.56. The molecule has 0 atom stereocenters. The van der Waals surface area contributed by atoms with Crippen LogP contribution in [0.5, 0.6) is 0 Å². The van der Waals surface area contributed by atoms with Crippen molar-refractivity contribution in [2.24, 2.45) is 0 Å². The van der Waals surface area contributed by atoms with Crippen LogP contribution in [0.3, 0.4) is 0 Å². The maximum Gasteiger partial charge on any atom is 0.262 e. The van der Waals surface area contributed by atoms with E-state index in [9.17, 15) is 5.21 Å². The first-order valence-electron chi connectivity index (χ1n) is 12.9. The summed E-state index contributed by atoms with van der Waals surface area (Å²) in [6, 6.07) is 0. The molecule has 0 rings (SSSR count). The number of quaternary nitrogens is 1. The van der Waals surface area contributed by atoms with Crippen LogP contribution in [0.1, 0.15) is 135 Å². The lowest BCUT2D eigenvalue weighted by Crippen LogP contribution is -2.36. The Morgan fingerprint density at radius 1 is 0.581 bits per heavy atom. The van der Waals surface area contributed by atoms with Gasteiger partial charge >= 0.3 is 0 Å². The first-order chi connectivity index (χ1) is 14.6. The van der Waals surface area contributed by atoms with E-state index in [0.29, 0.717) is 0 Å². The van der Waals surface area contributed by atoms with Crippen molar-refractivity contribution in [3.05, 3.63) is 0 Å². The van der Waals surface area contributed by atoms with Crippen LogP contribution in [0.25, 0.3) is 0 Å². The molecule has 0 radical (unpaired) electrons. The zero-order chi connectivity index (χ0) is 23.8. The highest BCUT2D eigenvalue weighted by Crippen LogP contribution is 2.19. The Bertz CT molecular complexity index is 388. The molecule has 0 unspecified atom stereocenters. The molecular weight excluding hydrogens is 413 g/mol. The van der Waals surface area contributed by atoms with Gasteiger partial charge in [0.15, 0.2) is 0 Å². The summed E-state index contributed by atoms with van der Waals surface area (Å²) in [4.78, 5) is 22.9. The third-order valence-corrected chi connectivity index (χ3v) is 5.56. The minimum atomic E-state index is -4.89. The summed E-state index contributed by atoms with van der Waals surface area (Å²) in [6.07, 6.45) is 28.4. The highest BCUT2D eigenvalue weighted by atomic mass is 31.2. The molecule has 0 aliphatic rings. The smallest absolute Gasteiger partial charge is 0.262 e. The molecule has 0 saturated carbocycles. The number of hydroxylamine groups is 3. The molecule has 0 bridgehead atoms. The summed E-state index contributed by atoms with van der Waals surface area (Å²) < 4.78 is 8.89. The fourth-order valence-electron chi connectivity index (χ4n) is 3.75. The SMILES string of the molecule is CCCCCCCCCCCCCCCCCCCCCC[N+](C)(C)O.O=P([O-])(O)O. The molecular formula is C24H54NO5P. The van der Waals surface area contributed by atoms with Gasteiger partial charge in [-0.15, -0.1) is 0 Å². The van der Waals surface area contributed by atoms with Gasteiger partial charge in [-0.2, -0.15) is 4.65 Å². The molecule has 31 heavy (non-hydrogen) atoms. The molecule has 0 aromatic rings. The van der Waals surface area contributed by atoms with Crippen molar-refractivity contribution in [3.63, 3.8) is 0 Å². The Morgan fingerprint density at radius 2 is 0.774 bits per heavy atom. The first kappa shape index (κ1) is 33.2. The highest BCUT2D eigenvalue weighted by molar-refractivity contribution is 7.43. The van der Waals surface area contributed by atoms with Crippen LogP contribution in [0.2, 0.25) is 0 Å². The minimum absolute atomic E-state index is 0.124. The molecule has 0 spiro atoms. The molecule has 0 saturated heterocycles. The summed E-state index contributed by atoms with van der Waals surface area (Å²) in [5, 5.41) is 9.61. The molecule has 0 aromatic carbocycles. The van der Waals surface area contributed by atoms with Crippen molar-refractivity contribution >= 4 is 7.82 Å². The van der Waals surface area contributed by atoms with Crippen LogP contribution in [0, 0.1) is 0 Å². The molecule has 0 fully saturated rings. The molecule has 0 amide bonds. The van der Waals surface area contributed by atoms with E-state index in [4.69, 9.17) is 19.2 Å². The van der Waals surface area contributed by atoms with Gasteiger partial charge in [0.25, 0.3) is 7.82 Å². The summed E-state index contributed by atoms with van der Waals surface area (Å²) in [7, 11) is -1.18. The van der Waals surface area contributed by atoms with E-state index in [1.807, 2.05) is 14.1 Å². The normalized spacial score (nSPS) is 12.0. The maximum atomic E-state index is 9.61. The number of rotatable bonds is 21. The van der Waals surface area contributed by atoms with Crippen LogP contribution in [-0.4, -0.2) is 40.3 Å². The number of unbranched alkanes of at least 4 members (excludes halogenated alkanes) is 19. The zero-order valence-electron chi connectivity index (χ0n) is 20.9. The fraction of sp³-hybridized carbons (Fsp3) is 1.00. The van der Waals surface area contributed by atoms with Crippen LogP contribution >= 0.6 is 7.82 Å². The Morgan fingerprint density at radius 3 is 0.968 bits per heavy atom. The van der Waals surface area contributed by atoms with Gasteiger partial charge in [-0.25, -0.2) is 5.21 Å². The van der Waals surface area contributed by atoms with Crippen molar-refractivity contribution < 1.29 is 29.1 Å². The van der Waals surface area contributed by atoms with Gasteiger partial charge < -0.3 is 14.7 Å². The molecule has 0 aliphatic heterocycles. The van der Waals surface area contributed by atoms with Crippen LogP contribution < -0.4 is 4.89 Å². The Balaban J connectivity index is 0. The van der Waals surface area contributed by atoms with Gasteiger partial charge in [0, 0.05) is 0 Å². The third kappa shape index (κ3) is 44.5. The monoisotopic (exact) mass is 467 g/mol. The largest absolute Gasteiger partial charge is 0.756 e. The molecule has 0 aromatic heterocycles. The highest BCUT2D eigenvalue weighted by Gasteiger charge is 2.08. The van der Waals surface area contributed by atoms with Crippen LogP contribution in [-0.2, 0) is 4.57 Å². The van der Waals surface area contributed by atoms with Crippen LogP contribution in [0.4, 0.5) is 0 Å². The summed E-state index contributed by atoms with van der Waals surface area (Å²) in [5.41, 5.74) is 0. The Kier molecular flexibility index (Phi) is 24.8. The van der Waals surface area contributed by atoms with E-state index in [0.717, 1.165) is 13.0 Å². The van der Waals surface area contributed by atoms with E-state index < -0.39 is 7.82 Å². The molecule has 3 N–H and O–H groups in total. The van der Waals surface area contributed by atoms with Gasteiger partial charge in [-0.3, -0.25) is 4.57 Å². The quantitative estimate of drug-likeness (QED) is 0.0753. The van der Waals surface area contributed by atoms with E-state index >= 15 is 0 Å². The average Bonchev–Trinajstić information content (AvgIpc) is 2.64. The molecule has 7 heteroatoms. The molecule has 6 nitrogen and oxygen atoms in total. The second-order valence-electron chi connectivity index (χ2n) is 9.55. The van der Waals surface area contributed by atoms with Crippen molar-refractivity contribution in [1.29, 1.82) is 0 Å². The molecule has 0 aliphatic carbocycles. The number of hydrogen-bond acceptors (Lipinski definition) is 3. The van der Waals surface area contributed by atoms with Crippen molar-refractivity contribution in [2.75, 3.05) is 20.6 Å². The lowest BCUT2D eigenvalue weighted by Gasteiger charge is -2.18. The molecule has 0 heterocycles. The van der Waals surface area contributed by atoms with E-state index in [-0.39, 0.29) is 4.65 Å². The number of phosphoric acid groups is 1. The van der Waals surface area contributed by atoms with Crippen molar-refractivity contribution in [3.8, 4) is 0 Å². The topological polar surface area (TPSA) is 101 Å². The minimum Gasteiger partial charge on any atom is -0.756 e. The number of nitrogens with zero attached hydrogens (tertiary/aromatic N) is 1. The summed E-state index contributed by atoms with van der Waals surface area (Å²) in [5.74, 6) is 0. The van der Waals surface area contributed by atoms with E-state index in [2.05, 4.69) is 6.92 Å². The van der Waals surface area contributed by atoms with E-state index in [1.54, 1.807) is 0 Å². The zero-order valence-corrected chi connectivity index (χ0v) is 21.8. The van der Waals surface area contributed by atoms with Crippen molar-refractivity contribution in [1.82, 2.24) is 0 Å². The van der Waals surface area contributed by atoms with Crippen molar-refractivity contribution in [2.45, 2.75) is 135 Å². The fourth-order valence-corrected chi connectivity index (χ4v) is 3.75. The Hall–Kier alpha value is 0.0300. The predicted octanol–water partition coefficient (Wildman–Crippen LogP) is 6.71. The van der Waals surface area contributed by atoms with E-state index in [1.165, 1.54) is 122 Å². The van der Waals surface area contributed by atoms with Crippen LogP contribution in [0.15, 0.2) is 0 Å². The standard InChI is InChI=1S/C24H52NO.H3O4P/c1-4-5-6-7-8-9-10-11-12-13-14-15-16-17-18-19-20-21-22-23-24-25(2,3)26;1-5(2,3)4/h26H,4-24H2,1-3H3;(H3,1,2,3,4)/q+1;/p-1. The summed E-state index contributed by atoms with van der Waals surface area (Å²) in [6.45, 7) is 3.18. The Labute approximate surface area is 193 Å². The predicted molar refractivity (Wildman–Crippen MR) is 129 cm³/mol. The van der Waals surface area contributed by atoms with Gasteiger partial charge in [-0.1, -0.05) is 122 Å². The lowest BCUT2D eigenvalue weighted by atomic mass is 10.0. The summed E-state index contributed by atoms with van der Waals surface area (Å²) >= 11 is 0. The van der Waals surface area contributed by atoms with Gasteiger partial charge in [0.2, 0.25) is 0 Å². The maximum absolute atomic E-state index is 9.61. The number of hydrogen-bond donors (Lipinski definition) is 3. The second-order valence-corrected chi connectivity index (χ2v) is 10.5. The van der Waals surface area contributed by atoms with Gasteiger partial charge in [0.1, 0.15) is 6.54 Å².